The van der Waals surface area contributed by atoms with Gasteiger partial charge in [-0.2, -0.15) is 0 Å². The van der Waals surface area contributed by atoms with E-state index in [9.17, 15) is 10.2 Å². The van der Waals surface area contributed by atoms with Gasteiger partial charge in [0.15, 0.2) is 0 Å². The fourth-order valence-electron chi connectivity index (χ4n) is 1.67. The molecule has 1 unspecified atom stereocenters. The molecule has 1 rings (SSSR count). The number of rotatable bonds is 5. The van der Waals surface area contributed by atoms with Gasteiger partial charge in [0.2, 0.25) is 0 Å². The van der Waals surface area contributed by atoms with E-state index >= 15 is 0 Å². The van der Waals surface area contributed by atoms with Crippen molar-refractivity contribution >= 4 is 5.69 Å². The molecule has 16 heavy (non-hydrogen) atoms. The molecule has 1 atom stereocenters. The zero-order valence-corrected chi connectivity index (χ0v) is 9.72. The number of aliphatic hydroxyl groups excluding tert-OH is 2. The van der Waals surface area contributed by atoms with Gasteiger partial charge in [-0.3, -0.25) is 0 Å². The third kappa shape index (κ3) is 2.87. The maximum Gasteiger partial charge on any atom is 0.123 e. The van der Waals surface area contributed by atoms with Gasteiger partial charge in [0, 0.05) is 30.4 Å². The van der Waals surface area contributed by atoms with Crippen molar-refractivity contribution in [3.63, 3.8) is 0 Å². The van der Waals surface area contributed by atoms with Crippen molar-refractivity contribution in [2.75, 3.05) is 24.6 Å². The fourth-order valence-corrected chi connectivity index (χ4v) is 1.67. The first kappa shape index (κ1) is 12.8. The lowest BCUT2D eigenvalue weighted by atomic mass is 10.1. The number of phenols is 1. The molecule has 3 N–H and O–H groups in total. The van der Waals surface area contributed by atoms with Crippen molar-refractivity contribution in [2.24, 2.45) is 0 Å². The van der Waals surface area contributed by atoms with Gasteiger partial charge in [-0.1, -0.05) is 6.07 Å². The summed E-state index contributed by atoms with van der Waals surface area (Å²) in [6, 6.07) is 5.15. The second-order valence-electron chi connectivity index (χ2n) is 3.72. The molecule has 1 aromatic rings. The summed E-state index contributed by atoms with van der Waals surface area (Å²) in [5.41, 5.74) is 1.36. The molecule has 0 aromatic heterocycles. The van der Waals surface area contributed by atoms with E-state index in [-0.39, 0.29) is 12.4 Å². The quantitative estimate of drug-likeness (QED) is 0.706. The van der Waals surface area contributed by atoms with Crippen molar-refractivity contribution in [3.05, 3.63) is 23.8 Å². The number of anilines is 1. The lowest BCUT2D eigenvalue weighted by Gasteiger charge is -2.22. The Morgan fingerprint density at radius 1 is 1.38 bits per heavy atom. The summed E-state index contributed by atoms with van der Waals surface area (Å²) in [6.45, 7) is 4.96. The van der Waals surface area contributed by atoms with Gasteiger partial charge < -0.3 is 20.2 Å². The molecule has 0 bridgehead atoms. The molecule has 0 heterocycles. The third-order valence-electron chi connectivity index (χ3n) is 2.58. The van der Waals surface area contributed by atoms with Crippen molar-refractivity contribution in [2.45, 2.75) is 20.0 Å². The molecular formula is C12H19NO3. The number of benzene rings is 1. The smallest absolute Gasteiger partial charge is 0.123 e. The molecule has 0 amide bonds. The van der Waals surface area contributed by atoms with Gasteiger partial charge in [-0.05, 0) is 19.9 Å². The molecule has 1 aromatic carbocycles. The van der Waals surface area contributed by atoms with Crippen LogP contribution in [-0.2, 0) is 0 Å². The Kier molecular flexibility index (Phi) is 4.58. The van der Waals surface area contributed by atoms with Crippen LogP contribution >= 0.6 is 0 Å². The summed E-state index contributed by atoms with van der Waals surface area (Å²) in [4.78, 5) is 1.95. The van der Waals surface area contributed by atoms with E-state index in [4.69, 9.17) is 5.11 Å². The standard InChI is InChI=1S/C12H19NO3/c1-3-13(6-7-14)10-4-5-11(9(2)15)12(16)8-10/h4-5,8-9,14-16H,3,6-7H2,1-2H3. The highest BCUT2D eigenvalue weighted by molar-refractivity contribution is 5.53. The van der Waals surface area contributed by atoms with Crippen LogP contribution in [0.25, 0.3) is 0 Å². The summed E-state index contributed by atoms with van der Waals surface area (Å²) >= 11 is 0. The molecule has 0 fully saturated rings. The Bertz CT molecular complexity index is 339. The van der Waals surface area contributed by atoms with E-state index in [1.807, 2.05) is 17.9 Å². The predicted octanol–water partition coefficient (Wildman–Crippen LogP) is 1.26. The van der Waals surface area contributed by atoms with E-state index in [2.05, 4.69) is 0 Å². The Balaban J connectivity index is 2.95. The topological polar surface area (TPSA) is 63.9 Å². The van der Waals surface area contributed by atoms with Gasteiger partial charge in [0.25, 0.3) is 0 Å². The maximum atomic E-state index is 9.73. The molecule has 4 nitrogen and oxygen atoms in total. The lowest BCUT2D eigenvalue weighted by molar-refractivity contribution is 0.195. The average Bonchev–Trinajstić information content (AvgIpc) is 2.25. The number of hydrogen-bond acceptors (Lipinski definition) is 4. The number of likely N-dealkylation sites (N-methyl/N-ethyl adjacent to an activating group) is 1. The molecule has 0 saturated carbocycles. The number of phenolic OH excluding ortho intramolecular Hbond substituents is 1. The minimum atomic E-state index is -0.679. The highest BCUT2D eigenvalue weighted by Crippen LogP contribution is 2.28. The number of aliphatic hydroxyl groups is 2. The molecule has 0 aliphatic carbocycles. The Morgan fingerprint density at radius 3 is 2.50 bits per heavy atom. The molecule has 0 saturated heterocycles. The molecule has 0 aliphatic rings. The zero-order valence-electron chi connectivity index (χ0n) is 9.72. The van der Waals surface area contributed by atoms with Gasteiger partial charge in [0.1, 0.15) is 5.75 Å². The average molecular weight is 225 g/mol. The first-order valence-corrected chi connectivity index (χ1v) is 5.47. The van der Waals surface area contributed by atoms with Crippen LogP contribution in [0.3, 0.4) is 0 Å². The van der Waals surface area contributed by atoms with Crippen LogP contribution in [0.4, 0.5) is 5.69 Å². The molecule has 0 aliphatic heterocycles. The molecular weight excluding hydrogens is 206 g/mol. The normalized spacial score (nSPS) is 12.5. The number of aromatic hydroxyl groups is 1. The largest absolute Gasteiger partial charge is 0.507 e. The second kappa shape index (κ2) is 5.72. The van der Waals surface area contributed by atoms with Crippen molar-refractivity contribution < 1.29 is 15.3 Å². The number of hydrogen-bond donors (Lipinski definition) is 3. The van der Waals surface area contributed by atoms with E-state index in [0.29, 0.717) is 12.1 Å². The third-order valence-corrected chi connectivity index (χ3v) is 2.58. The monoisotopic (exact) mass is 225 g/mol. The van der Waals surface area contributed by atoms with Crippen LogP contribution in [0.2, 0.25) is 0 Å². The summed E-state index contributed by atoms with van der Waals surface area (Å²) in [7, 11) is 0. The van der Waals surface area contributed by atoms with Crippen LogP contribution < -0.4 is 4.90 Å². The Hall–Kier alpha value is -1.26. The molecule has 0 radical (unpaired) electrons. The maximum absolute atomic E-state index is 9.73. The summed E-state index contributed by atoms with van der Waals surface area (Å²) in [6.07, 6.45) is -0.679. The Morgan fingerprint density at radius 2 is 2.06 bits per heavy atom. The van der Waals surface area contributed by atoms with Crippen LogP contribution in [0, 0.1) is 0 Å². The van der Waals surface area contributed by atoms with Crippen LogP contribution in [0.5, 0.6) is 5.75 Å². The molecule has 4 heteroatoms. The zero-order chi connectivity index (χ0) is 12.1. The highest BCUT2D eigenvalue weighted by atomic mass is 16.3. The van der Waals surface area contributed by atoms with Crippen LogP contribution in [0.15, 0.2) is 18.2 Å². The predicted molar refractivity (Wildman–Crippen MR) is 63.7 cm³/mol. The summed E-state index contributed by atoms with van der Waals surface area (Å²) in [5.74, 6) is 0.0869. The van der Waals surface area contributed by atoms with Crippen molar-refractivity contribution in [3.8, 4) is 5.75 Å². The lowest BCUT2D eigenvalue weighted by Crippen LogP contribution is -2.26. The van der Waals surface area contributed by atoms with Gasteiger partial charge in [-0.15, -0.1) is 0 Å². The Labute approximate surface area is 95.8 Å². The van der Waals surface area contributed by atoms with Gasteiger partial charge >= 0.3 is 0 Å². The first-order valence-electron chi connectivity index (χ1n) is 5.47. The van der Waals surface area contributed by atoms with Crippen LogP contribution in [-0.4, -0.2) is 35.0 Å². The fraction of sp³-hybridized carbons (Fsp3) is 0.500. The minimum absolute atomic E-state index is 0.0761. The SMILES string of the molecule is CCN(CCO)c1ccc(C(C)O)c(O)c1. The van der Waals surface area contributed by atoms with Crippen LogP contribution in [0.1, 0.15) is 25.5 Å². The molecule has 90 valence electrons. The molecule has 0 spiro atoms. The minimum Gasteiger partial charge on any atom is -0.507 e. The first-order chi connectivity index (χ1) is 7.60. The van der Waals surface area contributed by atoms with E-state index in [1.54, 1.807) is 19.1 Å². The summed E-state index contributed by atoms with van der Waals surface area (Å²) in [5, 5.41) is 28.0. The van der Waals surface area contributed by atoms with E-state index in [0.717, 1.165) is 12.2 Å². The van der Waals surface area contributed by atoms with Crippen molar-refractivity contribution in [1.29, 1.82) is 0 Å². The second-order valence-corrected chi connectivity index (χ2v) is 3.72. The number of nitrogens with zero attached hydrogens (tertiary/aromatic N) is 1. The van der Waals surface area contributed by atoms with Gasteiger partial charge in [-0.25, -0.2) is 0 Å². The van der Waals surface area contributed by atoms with Crippen molar-refractivity contribution in [1.82, 2.24) is 0 Å². The summed E-state index contributed by atoms with van der Waals surface area (Å²) < 4.78 is 0. The van der Waals surface area contributed by atoms with E-state index < -0.39 is 6.10 Å². The highest BCUT2D eigenvalue weighted by Gasteiger charge is 2.10. The van der Waals surface area contributed by atoms with Gasteiger partial charge in [0.05, 0.1) is 12.7 Å². The van der Waals surface area contributed by atoms with E-state index in [1.165, 1.54) is 0 Å².